The van der Waals surface area contributed by atoms with Crippen LogP contribution in [0.2, 0.25) is 0 Å². The van der Waals surface area contributed by atoms with Crippen LogP contribution in [0.5, 0.6) is 5.75 Å². The van der Waals surface area contributed by atoms with Gasteiger partial charge >= 0.3 is 0 Å². The summed E-state index contributed by atoms with van der Waals surface area (Å²) in [4.78, 5) is 16.4. The first-order chi connectivity index (χ1) is 13.1. The van der Waals surface area contributed by atoms with Gasteiger partial charge in [0, 0.05) is 5.56 Å². The zero-order chi connectivity index (χ0) is 19.2. The molecule has 0 spiro atoms. The molecule has 0 unspecified atom stereocenters. The maximum Gasteiger partial charge on any atom is 0.239 e. The first kappa shape index (κ1) is 19.8. The number of carbonyl (C=O) groups excluding carboxylic acids is 1. The number of nitrogens with one attached hydrogen (secondary N) is 1. The lowest BCUT2D eigenvalue weighted by atomic mass is 10.2. The van der Waals surface area contributed by atoms with Crippen molar-refractivity contribution in [1.29, 1.82) is 0 Å². The van der Waals surface area contributed by atoms with Gasteiger partial charge in [-0.05, 0) is 30.7 Å². The third kappa shape index (κ3) is 5.26. The summed E-state index contributed by atoms with van der Waals surface area (Å²) < 4.78 is 20.3. The van der Waals surface area contributed by atoms with Crippen LogP contribution in [0.15, 0.2) is 42.5 Å². The van der Waals surface area contributed by atoms with E-state index in [-0.39, 0.29) is 23.2 Å². The second-order valence-electron chi connectivity index (χ2n) is 6.13. The van der Waals surface area contributed by atoms with Crippen LogP contribution in [-0.2, 0) is 11.4 Å². The monoisotopic (exact) mass is 450 g/mol. The minimum Gasteiger partial charge on any atom is -0.489 e. The average Bonchev–Trinajstić information content (AvgIpc) is 3.06. The normalized spacial score (nSPS) is 12.1. The number of nitrogens with zero attached hydrogens (tertiary/aromatic N) is 1. The van der Waals surface area contributed by atoms with Gasteiger partial charge in [-0.25, -0.2) is 9.37 Å². The van der Waals surface area contributed by atoms with Gasteiger partial charge in [-0.3, -0.25) is 4.79 Å². The fourth-order valence-electron chi connectivity index (χ4n) is 2.52. The van der Waals surface area contributed by atoms with Crippen molar-refractivity contribution in [3.05, 3.63) is 53.8 Å². The number of hydrogen-bond acceptors (Lipinski definition) is 4. The Morgan fingerprint density at radius 3 is 2.93 bits per heavy atom. The minimum absolute atomic E-state index is 0.0847. The van der Waals surface area contributed by atoms with Crippen molar-refractivity contribution < 1.29 is 13.9 Å². The number of benzene rings is 2. The number of carbonyl (C=O) groups is 1. The number of anilines is 1. The van der Waals surface area contributed by atoms with Crippen LogP contribution in [0.3, 0.4) is 0 Å². The highest BCUT2D eigenvalue weighted by Crippen LogP contribution is 2.30. The molecule has 1 aromatic heterocycles. The van der Waals surface area contributed by atoms with Crippen molar-refractivity contribution >= 4 is 48.5 Å². The van der Waals surface area contributed by atoms with Gasteiger partial charge in [0.15, 0.2) is 5.13 Å². The molecule has 0 radical (unpaired) electrons. The smallest absolute Gasteiger partial charge is 0.239 e. The molecule has 0 fully saturated rings. The Morgan fingerprint density at radius 2 is 2.15 bits per heavy atom. The Kier molecular flexibility index (Phi) is 6.79. The van der Waals surface area contributed by atoms with Crippen LogP contribution in [0.1, 0.15) is 31.7 Å². The zero-order valence-corrected chi connectivity index (χ0v) is 17.3. The number of fused-ring (bicyclic) bond motifs is 1. The van der Waals surface area contributed by atoms with E-state index >= 15 is 0 Å². The molecule has 2 aromatic carbocycles. The maximum atomic E-state index is 13.7. The Hall–Kier alpha value is -1.99. The first-order valence-corrected chi connectivity index (χ1v) is 10.5. The van der Waals surface area contributed by atoms with Gasteiger partial charge in [-0.2, -0.15) is 0 Å². The molecule has 0 bridgehead atoms. The lowest BCUT2D eigenvalue weighted by Crippen LogP contribution is -2.22. The number of hydrogen-bond donors (Lipinski definition) is 1. The lowest BCUT2D eigenvalue weighted by Gasteiger charge is -2.07. The second kappa shape index (κ2) is 9.28. The van der Waals surface area contributed by atoms with Crippen molar-refractivity contribution in [3.8, 4) is 5.75 Å². The summed E-state index contributed by atoms with van der Waals surface area (Å²) in [7, 11) is 0. The number of rotatable bonds is 8. The Bertz CT molecular complexity index is 931. The zero-order valence-electron chi connectivity index (χ0n) is 14.9. The number of amides is 1. The molecule has 27 heavy (non-hydrogen) atoms. The molecule has 0 saturated carbocycles. The molecule has 4 nitrogen and oxygen atoms in total. The van der Waals surface area contributed by atoms with E-state index in [1.54, 1.807) is 24.3 Å². The third-order valence-electron chi connectivity index (χ3n) is 4.04. The summed E-state index contributed by atoms with van der Waals surface area (Å²) in [6, 6.07) is 12.0. The number of halogens is 2. The summed E-state index contributed by atoms with van der Waals surface area (Å²) in [5, 5.41) is 3.41. The first-order valence-electron chi connectivity index (χ1n) is 8.78. The molecule has 1 N–H and O–H groups in total. The molecule has 1 heterocycles. The molecule has 7 heteroatoms. The van der Waals surface area contributed by atoms with E-state index in [4.69, 9.17) is 4.74 Å². The predicted molar refractivity (Wildman–Crippen MR) is 111 cm³/mol. The van der Waals surface area contributed by atoms with E-state index < -0.39 is 0 Å². The van der Waals surface area contributed by atoms with Crippen LogP contribution in [-0.4, -0.2) is 15.7 Å². The standard InChI is InChI=1S/C20H20BrFN2O2S/c1-2-3-7-15(21)19(25)24-20-23-17-10-9-14(11-18(17)27-20)26-12-13-6-4-5-8-16(13)22/h4-6,8-11,15H,2-3,7,12H2,1H3,(H,23,24,25)/t15-/m0/s1. The van der Waals surface area contributed by atoms with E-state index in [1.165, 1.54) is 17.4 Å². The van der Waals surface area contributed by atoms with Gasteiger partial charge < -0.3 is 10.1 Å². The fourth-order valence-corrected chi connectivity index (χ4v) is 3.86. The number of alkyl halides is 1. The van der Waals surface area contributed by atoms with Crippen molar-refractivity contribution in [2.45, 2.75) is 37.6 Å². The van der Waals surface area contributed by atoms with Gasteiger partial charge in [-0.1, -0.05) is 65.2 Å². The average molecular weight is 451 g/mol. The molecule has 1 atom stereocenters. The molecule has 0 saturated heterocycles. The summed E-state index contributed by atoms with van der Waals surface area (Å²) in [5.41, 5.74) is 1.29. The van der Waals surface area contributed by atoms with Crippen LogP contribution >= 0.6 is 27.3 Å². The quantitative estimate of drug-likeness (QED) is 0.434. The predicted octanol–water partition coefficient (Wildman–Crippen LogP) is 5.91. The minimum atomic E-state index is -0.284. The van der Waals surface area contributed by atoms with Crippen LogP contribution in [0.4, 0.5) is 9.52 Å². The van der Waals surface area contributed by atoms with Gasteiger partial charge in [0.25, 0.3) is 0 Å². The molecule has 0 aliphatic heterocycles. The molecule has 142 valence electrons. The van der Waals surface area contributed by atoms with Crippen molar-refractivity contribution in [2.75, 3.05) is 5.32 Å². The molecule has 1 amide bonds. The van der Waals surface area contributed by atoms with Crippen LogP contribution < -0.4 is 10.1 Å². The molecule has 0 aliphatic rings. The number of thiazole rings is 1. The van der Waals surface area contributed by atoms with Gasteiger partial charge in [-0.15, -0.1) is 0 Å². The third-order valence-corrected chi connectivity index (χ3v) is 5.85. The summed E-state index contributed by atoms with van der Waals surface area (Å²) >= 11 is 4.81. The summed E-state index contributed by atoms with van der Waals surface area (Å²) in [5.74, 6) is 0.265. The molecule has 3 rings (SSSR count). The molecular formula is C20H20BrFN2O2S. The molecule has 3 aromatic rings. The number of aromatic nitrogens is 1. The maximum absolute atomic E-state index is 13.7. The summed E-state index contributed by atoms with van der Waals surface area (Å²) in [6.45, 7) is 2.25. The molecule has 0 aliphatic carbocycles. The van der Waals surface area contributed by atoms with E-state index in [1.807, 2.05) is 12.1 Å². The van der Waals surface area contributed by atoms with E-state index in [0.717, 1.165) is 29.5 Å². The SMILES string of the molecule is CCCC[C@H](Br)C(=O)Nc1nc2ccc(OCc3ccccc3F)cc2s1. The van der Waals surface area contributed by atoms with E-state index in [9.17, 15) is 9.18 Å². The van der Waals surface area contributed by atoms with Crippen molar-refractivity contribution in [1.82, 2.24) is 4.98 Å². The Balaban J connectivity index is 1.66. The van der Waals surface area contributed by atoms with Crippen LogP contribution in [0.25, 0.3) is 10.2 Å². The Labute approximate surface area is 169 Å². The lowest BCUT2D eigenvalue weighted by molar-refractivity contribution is -0.115. The van der Waals surface area contributed by atoms with Crippen molar-refractivity contribution in [3.63, 3.8) is 0 Å². The summed E-state index contributed by atoms with van der Waals surface area (Å²) in [6.07, 6.45) is 2.83. The van der Waals surface area contributed by atoms with Gasteiger partial charge in [0.1, 0.15) is 18.2 Å². The topological polar surface area (TPSA) is 51.2 Å². The largest absolute Gasteiger partial charge is 0.489 e. The van der Waals surface area contributed by atoms with Crippen LogP contribution in [0, 0.1) is 5.82 Å². The highest BCUT2D eigenvalue weighted by Gasteiger charge is 2.16. The van der Waals surface area contributed by atoms with E-state index in [0.29, 0.717) is 16.4 Å². The Morgan fingerprint density at radius 1 is 1.33 bits per heavy atom. The molecular weight excluding hydrogens is 431 g/mol. The van der Waals surface area contributed by atoms with Crippen molar-refractivity contribution in [2.24, 2.45) is 0 Å². The number of unbranched alkanes of at least 4 members (excludes halogenated alkanes) is 1. The highest BCUT2D eigenvalue weighted by molar-refractivity contribution is 9.10. The fraction of sp³-hybridized carbons (Fsp3) is 0.300. The van der Waals surface area contributed by atoms with Gasteiger partial charge in [0.05, 0.1) is 15.0 Å². The highest BCUT2D eigenvalue weighted by atomic mass is 79.9. The van der Waals surface area contributed by atoms with Gasteiger partial charge in [0.2, 0.25) is 5.91 Å². The number of ether oxygens (including phenoxy) is 1. The second-order valence-corrected chi connectivity index (χ2v) is 8.26. The van der Waals surface area contributed by atoms with E-state index in [2.05, 4.69) is 33.2 Å².